The minimum atomic E-state index is -2.37. The quantitative estimate of drug-likeness (QED) is 0.614. The van der Waals surface area contributed by atoms with Gasteiger partial charge in [0.2, 0.25) is 5.92 Å². The molecule has 14 heavy (non-hydrogen) atoms. The Morgan fingerprint density at radius 2 is 1.93 bits per heavy atom. The summed E-state index contributed by atoms with van der Waals surface area (Å²) in [5, 5.41) is 0.307. The van der Waals surface area contributed by atoms with Crippen LogP contribution in [0.25, 0.3) is 0 Å². The lowest BCUT2D eigenvalue weighted by atomic mass is 9.92. The number of hydrogen-bond acceptors (Lipinski definition) is 0. The van der Waals surface area contributed by atoms with Gasteiger partial charge in [-0.05, 0) is 43.9 Å². The third-order valence-electron chi connectivity index (χ3n) is 3.65. The molecule has 0 amide bonds. The molecule has 0 heterocycles. The number of rotatable bonds is 2. The molecule has 3 heteroatoms. The zero-order valence-corrected chi connectivity index (χ0v) is 9.07. The zero-order chi connectivity index (χ0) is 10.2. The normalized spacial score (nSPS) is 41.8. The van der Waals surface area contributed by atoms with Crippen molar-refractivity contribution in [2.24, 2.45) is 11.8 Å². The summed E-state index contributed by atoms with van der Waals surface area (Å²) >= 11 is 6.00. The molecule has 3 atom stereocenters. The van der Waals surface area contributed by atoms with Gasteiger partial charge in [0.05, 0.1) is 0 Å². The van der Waals surface area contributed by atoms with Gasteiger partial charge in [-0.25, -0.2) is 8.78 Å². The molecule has 0 aromatic carbocycles. The predicted molar refractivity (Wildman–Crippen MR) is 53.9 cm³/mol. The SMILES string of the molecule is FC1(F)CCC(CC2CCC(Cl)C2)C1. The van der Waals surface area contributed by atoms with Crippen LogP contribution in [0.4, 0.5) is 8.78 Å². The van der Waals surface area contributed by atoms with Crippen LogP contribution < -0.4 is 0 Å². The fourth-order valence-electron chi connectivity index (χ4n) is 2.94. The van der Waals surface area contributed by atoms with Crippen LogP contribution >= 0.6 is 11.6 Å². The van der Waals surface area contributed by atoms with E-state index in [-0.39, 0.29) is 18.8 Å². The second-order valence-electron chi connectivity index (χ2n) is 4.98. The highest BCUT2D eigenvalue weighted by Crippen LogP contribution is 2.44. The van der Waals surface area contributed by atoms with Crippen LogP contribution in [0.1, 0.15) is 44.9 Å². The molecule has 0 N–H and O–H groups in total. The monoisotopic (exact) mass is 222 g/mol. The van der Waals surface area contributed by atoms with Crippen molar-refractivity contribution in [1.29, 1.82) is 0 Å². The van der Waals surface area contributed by atoms with Gasteiger partial charge in [-0.15, -0.1) is 11.6 Å². The maximum atomic E-state index is 12.9. The molecule has 2 saturated carbocycles. The molecular weight excluding hydrogens is 206 g/mol. The first-order valence-electron chi connectivity index (χ1n) is 5.57. The minimum Gasteiger partial charge on any atom is -0.207 e. The Bertz CT molecular complexity index is 205. The molecule has 0 aliphatic heterocycles. The van der Waals surface area contributed by atoms with E-state index in [2.05, 4.69) is 0 Å². The summed E-state index contributed by atoms with van der Waals surface area (Å²) < 4.78 is 25.8. The van der Waals surface area contributed by atoms with Gasteiger partial charge in [0.1, 0.15) is 0 Å². The molecule has 82 valence electrons. The van der Waals surface area contributed by atoms with Gasteiger partial charge in [0.15, 0.2) is 0 Å². The Morgan fingerprint density at radius 1 is 1.14 bits per heavy atom. The topological polar surface area (TPSA) is 0 Å². The second-order valence-corrected chi connectivity index (χ2v) is 5.59. The molecule has 2 aliphatic rings. The summed E-state index contributed by atoms with van der Waals surface area (Å²) in [6.07, 6.45) is 5.20. The third kappa shape index (κ3) is 2.59. The molecule has 0 aromatic heterocycles. The van der Waals surface area contributed by atoms with Gasteiger partial charge in [0, 0.05) is 18.2 Å². The highest BCUT2D eigenvalue weighted by atomic mass is 35.5. The lowest BCUT2D eigenvalue weighted by Crippen LogP contribution is -2.11. The van der Waals surface area contributed by atoms with Crippen LogP contribution in [0.5, 0.6) is 0 Å². The zero-order valence-electron chi connectivity index (χ0n) is 8.32. The molecule has 2 aliphatic carbocycles. The molecule has 0 nitrogen and oxygen atoms in total. The maximum absolute atomic E-state index is 12.9. The molecule has 0 saturated heterocycles. The van der Waals surface area contributed by atoms with Crippen molar-refractivity contribution in [1.82, 2.24) is 0 Å². The predicted octanol–water partition coefficient (Wildman–Crippen LogP) is 4.22. The first kappa shape index (κ1) is 10.7. The standard InChI is InChI=1S/C11H17ClF2/c12-10-2-1-8(6-10)5-9-3-4-11(13,14)7-9/h8-10H,1-7H2. The Kier molecular flexibility index (Phi) is 3.01. The van der Waals surface area contributed by atoms with E-state index in [1.807, 2.05) is 0 Å². The Balaban J connectivity index is 1.76. The average molecular weight is 223 g/mol. The van der Waals surface area contributed by atoms with Crippen LogP contribution in [0.3, 0.4) is 0 Å². The summed E-state index contributed by atoms with van der Waals surface area (Å²) in [5.41, 5.74) is 0. The highest BCUT2D eigenvalue weighted by molar-refractivity contribution is 6.20. The van der Waals surface area contributed by atoms with Crippen molar-refractivity contribution in [3.8, 4) is 0 Å². The van der Waals surface area contributed by atoms with Gasteiger partial charge in [-0.3, -0.25) is 0 Å². The summed E-state index contributed by atoms with van der Waals surface area (Å²) in [7, 11) is 0. The average Bonchev–Trinajstić information content (AvgIpc) is 2.59. The summed E-state index contributed by atoms with van der Waals surface area (Å²) in [4.78, 5) is 0. The Labute approximate surface area is 89.0 Å². The van der Waals surface area contributed by atoms with Gasteiger partial charge in [-0.1, -0.05) is 0 Å². The van der Waals surface area contributed by atoms with Gasteiger partial charge < -0.3 is 0 Å². The van der Waals surface area contributed by atoms with Crippen molar-refractivity contribution in [2.45, 2.75) is 56.2 Å². The first-order chi connectivity index (χ1) is 6.55. The van der Waals surface area contributed by atoms with E-state index in [1.165, 1.54) is 0 Å². The molecule has 2 fully saturated rings. The van der Waals surface area contributed by atoms with E-state index in [0.29, 0.717) is 11.3 Å². The fourth-order valence-corrected chi connectivity index (χ4v) is 3.32. The van der Waals surface area contributed by atoms with Crippen molar-refractivity contribution >= 4 is 11.6 Å². The van der Waals surface area contributed by atoms with E-state index in [1.54, 1.807) is 0 Å². The number of halogens is 3. The Hall–Kier alpha value is 0.150. The van der Waals surface area contributed by atoms with Gasteiger partial charge in [0.25, 0.3) is 0 Å². The van der Waals surface area contributed by atoms with Crippen LogP contribution in [0.2, 0.25) is 0 Å². The van der Waals surface area contributed by atoms with Gasteiger partial charge in [-0.2, -0.15) is 0 Å². The van der Waals surface area contributed by atoms with E-state index in [9.17, 15) is 8.78 Å². The van der Waals surface area contributed by atoms with Crippen LogP contribution in [0, 0.1) is 11.8 Å². The summed E-state index contributed by atoms with van der Waals surface area (Å²) in [6.45, 7) is 0. The van der Waals surface area contributed by atoms with Crippen LogP contribution in [0.15, 0.2) is 0 Å². The van der Waals surface area contributed by atoms with E-state index in [0.717, 1.165) is 32.1 Å². The molecule has 2 rings (SSSR count). The van der Waals surface area contributed by atoms with Gasteiger partial charge >= 0.3 is 0 Å². The van der Waals surface area contributed by atoms with Crippen LogP contribution in [-0.2, 0) is 0 Å². The van der Waals surface area contributed by atoms with E-state index in [4.69, 9.17) is 11.6 Å². The largest absolute Gasteiger partial charge is 0.248 e. The van der Waals surface area contributed by atoms with E-state index < -0.39 is 5.92 Å². The fraction of sp³-hybridized carbons (Fsp3) is 1.00. The Morgan fingerprint density at radius 3 is 2.43 bits per heavy atom. The van der Waals surface area contributed by atoms with Crippen LogP contribution in [-0.4, -0.2) is 11.3 Å². The van der Waals surface area contributed by atoms with Crippen molar-refractivity contribution in [3.63, 3.8) is 0 Å². The first-order valence-corrected chi connectivity index (χ1v) is 6.01. The molecule has 0 spiro atoms. The maximum Gasteiger partial charge on any atom is 0.248 e. The van der Waals surface area contributed by atoms with Crippen molar-refractivity contribution < 1.29 is 8.78 Å². The number of alkyl halides is 3. The smallest absolute Gasteiger partial charge is 0.207 e. The van der Waals surface area contributed by atoms with E-state index >= 15 is 0 Å². The second kappa shape index (κ2) is 3.96. The lowest BCUT2D eigenvalue weighted by molar-refractivity contribution is 0.00409. The van der Waals surface area contributed by atoms with Crippen molar-refractivity contribution in [3.05, 3.63) is 0 Å². The summed E-state index contributed by atoms with van der Waals surface area (Å²) in [5.74, 6) is -1.49. The lowest BCUT2D eigenvalue weighted by Gasteiger charge is -2.15. The molecule has 0 aromatic rings. The third-order valence-corrected chi connectivity index (χ3v) is 4.05. The minimum absolute atomic E-state index is 0.106. The molecule has 3 unspecified atom stereocenters. The highest BCUT2D eigenvalue weighted by Gasteiger charge is 2.40. The molecule has 0 bridgehead atoms. The number of hydrogen-bond donors (Lipinski definition) is 0. The molecular formula is C11H17ClF2. The molecule has 0 radical (unpaired) electrons. The summed E-state index contributed by atoms with van der Waals surface area (Å²) in [6, 6.07) is 0. The van der Waals surface area contributed by atoms with Crippen molar-refractivity contribution in [2.75, 3.05) is 0 Å².